The Morgan fingerprint density at radius 2 is 2.00 bits per heavy atom. The number of ether oxygens (including phenoxy) is 1. The zero-order chi connectivity index (χ0) is 16.1. The van der Waals surface area contributed by atoms with Crippen LogP contribution in [0.4, 0.5) is 5.69 Å². The van der Waals surface area contributed by atoms with Gasteiger partial charge in [0.25, 0.3) is 5.91 Å². The van der Waals surface area contributed by atoms with Crippen LogP contribution in [0.2, 0.25) is 0 Å². The number of amides is 1. The lowest BCUT2D eigenvalue weighted by molar-refractivity contribution is 0.103. The fraction of sp³-hybridized carbons (Fsp3) is 0.0625. The smallest absolute Gasteiger partial charge is 0.265 e. The first-order chi connectivity index (χ1) is 11.2. The van der Waals surface area contributed by atoms with Gasteiger partial charge in [-0.05, 0) is 36.4 Å². The number of nitrogens with one attached hydrogen (secondary N) is 1. The van der Waals surface area contributed by atoms with Crippen molar-refractivity contribution in [2.24, 2.45) is 5.73 Å². The second kappa shape index (κ2) is 6.99. The van der Waals surface area contributed by atoms with Crippen molar-refractivity contribution in [1.82, 2.24) is 9.97 Å². The fourth-order valence-corrected chi connectivity index (χ4v) is 2.65. The predicted molar refractivity (Wildman–Crippen MR) is 88.7 cm³/mol. The first-order valence-electron chi connectivity index (χ1n) is 6.88. The number of carbonyl (C=O) groups is 1. The molecular formula is C16H14N4O2S. The average molecular weight is 326 g/mol. The van der Waals surface area contributed by atoms with Gasteiger partial charge in [0.2, 0.25) is 5.88 Å². The van der Waals surface area contributed by atoms with Gasteiger partial charge in [-0.15, -0.1) is 11.3 Å². The zero-order valence-electron chi connectivity index (χ0n) is 12.1. The second-order valence-electron chi connectivity index (χ2n) is 4.60. The van der Waals surface area contributed by atoms with Crippen molar-refractivity contribution in [3.05, 3.63) is 64.7 Å². The van der Waals surface area contributed by atoms with Gasteiger partial charge >= 0.3 is 0 Å². The van der Waals surface area contributed by atoms with Crippen LogP contribution < -0.4 is 15.8 Å². The summed E-state index contributed by atoms with van der Waals surface area (Å²) in [6.45, 7) is 0.438. The molecular weight excluding hydrogens is 312 g/mol. The van der Waals surface area contributed by atoms with Gasteiger partial charge in [0.15, 0.2) is 0 Å². The van der Waals surface area contributed by atoms with Crippen molar-refractivity contribution in [2.45, 2.75) is 6.54 Å². The molecule has 3 N–H and O–H groups in total. The molecule has 1 amide bonds. The average Bonchev–Trinajstić information content (AvgIpc) is 3.07. The van der Waals surface area contributed by atoms with Gasteiger partial charge in [0.05, 0.1) is 4.88 Å². The van der Waals surface area contributed by atoms with Crippen LogP contribution in [0.3, 0.4) is 0 Å². The van der Waals surface area contributed by atoms with Crippen molar-refractivity contribution in [2.75, 3.05) is 5.32 Å². The van der Waals surface area contributed by atoms with Crippen LogP contribution in [-0.2, 0) is 6.54 Å². The Morgan fingerprint density at radius 3 is 2.65 bits per heavy atom. The minimum Gasteiger partial charge on any atom is -0.439 e. The Kier molecular flexibility index (Phi) is 4.60. The van der Waals surface area contributed by atoms with E-state index in [2.05, 4.69) is 15.3 Å². The number of benzene rings is 1. The maximum absolute atomic E-state index is 12.1. The minimum atomic E-state index is -0.154. The standard InChI is InChI=1S/C16H14N4O2S/c17-9-13-5-6-14(23-13)16(21)20-11-1-3-12(4-2-11)22-15-7-8-18-10-19-15/h1-8,10H,9,17H2,(H,20,21). The number of nitrogens with two attached hydrogens (primary N) is 1. The number of anilines is 1. The Hall–Kier alpha value is -2.77. The second-order valence-corrected chi connectivity index (χ2v) is 5.77. The number of nitrogens with zero attached hydrogens (tertiary/aromatic N) is 2. The molecule has 2 heterocycles. The summed E-state index contributed by atoms with van der Waals surface area (Å²) in [5.41, 5.74) is 6.24. The molecule has 0 aliphatic carbocycles. The third-order valence-electron chi connectivity index (χ3n) is 2.98. The first-order valence-corrected chi connectivity index (χ1v) is 7.70. The van der Waals surface area contributed by atoms with E-state index in [0.717, 1.165) is 4.88 Å². The molecule has 0 saturated heterocycles. The minimum absolute atomic E-state index is 0.154. The number of carbonyl (C=O) groups excluding carboxylic acids is 1. The van der Waals surface area contributed by atoms with Gasteiger partial charge in [-0.2, -0.15) is 0 Å². The van der Waals surface area contributed by atoms with Crippen LogP contribution in [0, 0.1) is 0 Å². The van der Waals surface area contributed by atoms with Crippen LogP contribution in [0.15, 0.2) is 55.0 Å². The highest BCUT2D eigenvalue weighted by Crippen LogP contribution is 2.22. The number of hydrogen-bond donors (Lipinski definition) is 2. The third kappa shape index (κ3) is 3.91. The van der Waals surface area contributed by atoms with E-state index >= 15 is 0 Å². The van der Waals surface area contributed by atoms with E-state index < -0.39 is 0 Å². The molecule has 0 bridgehead atoms. The predicted octanol–water partition coefficient (Wildman–Crippen LogP) is 3.04. The highest BCUT2D eigenvalue weighted by atomic mass is 32.1. The van der Waals surface area contributed by atoms with E-state index in [9.17, 15) is 4.79 Å². The molecule has 0 aliphatic rings. The molecule has 0 atom stereocenters. The SMILES string of the molecule is NCc1ccc(C(=O)Nc2ccc(Oc3ccncn3)cc2)s1. The number of thiophene rings is 1. The number of rotatable bonds is 5. The molecule has 0 aliphatic heterocycles. The van der Waals surface area contributed by atoms with Gasteiger partial charge in [-0.3, -0.25) is 4.79 Å². The van der Waals surface area contributed by atoms with Crippen LogP contribution in [0.1, 0.15) is 14.5 Å². The summed E-state index contributed by atoms with van der Waals surface area (Å²) < 4.78 is 5.57. The van der Waals surface area contributed by atoms with Gasteiger partial charge < -0.3 is 15.8 Å². The summed E-state index contributed by atoms with van der Waals surface area (Å²) >= 11 is 1.39. The fourth-order valence-electron chi connectivity index (χ4n) is 1.87. The maximum atomic E-state index is 12.1. The number of aromatic nitrogens is 2. The van der Waals surface area contributed by atoms with Crippen LogP contribution in [0.25, 0.3) is 0 Å². The largest absolute Gasteiger partial charge is 0.439 e. The third-order valence-corrected chi connectivity index (χ3v) is 4.08. The van der Waals surface area contributed by atoms with E-state index in [1.807, 2.05) is 6.07 Å². The summed E-state index contributed by atoms with van der Waals surface area (Å²) in [6, 6.07) is 12.4. The molecule has 6 nitrogen and oxygen atoms in total. The molecule has 3 aromatic rings. The lowest BCUT2D eigenvalue weighted by Gasteiger charge is -2.06. The van der Waals surface area contributed by atoms with E-state index in [1.165, 1.54) is 17.7 Å². The van der Waals surface area contributed by atoms with E-state index in [0.29, 0.717) is 28.7 Å². The van der Waals surface area contributed by atoms with Gasteiger partial charge in [0.1, 0.15) is 12.1 Å². The van der Waals surface area contributed by atoms with E-state index in [1.54, 1.807) is 42.6 Å². The quantitative estimate of drug-likeness (QED) is 0.752. The Balaban J connectivity index is 1.64. The monoisotopic (exact) mass is 326 g/mol. The number of hydrogen-bond acceptors (Lipinski definition) is 6. The molecule has 3 rings (SSSR count). The molecule has 0 radical (unpaired) electrons. The van der Waals surface area contributed by atoms with Gasteiger partial charge in [0, 0.05) is 29.4 Å². The Morgan fingerprint density at radius 1 is 1.17 bits per heavy atom. The van der Waals surface area contributed by atoms with E-state index in [-0.39, 0.29) is 5.91 Å². The summed E-state index contributed by atoms with van der Waals surface area (Å²) in [4.78, 5) is 21.5. The summed E-state index contributed by atoms with van der Waals surface area (Å²) in [5.74, 6) is 0.937. The highest BCUT2D eigenvalue weighted by Gasteiger charge is 2.09. The summed E-state index contributed by atoms with van der Waals surface area (Å²) in [6.07, 6.45) is 3.02. The molecule has 116 valence electrons. The molecule has 0 unspecified atom stereocenters. The first kappa shape index (κ1) is 15.1. The Labute approximate surface area is 137 Å². The van der Waals surface area contributed by atoms with Gasteiger partial charge in [-0.1, -0.05) is 0 Å². The zero-order valence-corrected chi connectivity index (χ0v) is 12.9. The van der Waals surface area contributed by atoms with Crippen LogP contribution >= 0.6 is 11.3 Å². The van der Waals surface area contributed by atoms with Crippen molar-refractivity contribution in [3.63, 3.8) is 0 Å². The maximum Gasteiger partial charge on any atom is 0.265 e. The molecule has 23 heavy (non-hydrogen) atoms. The van der Waals surface area contributed by atoms with Crippen LogP contribution in [-0.4, -0.2) is 15.9 Å². The molecule has 1 aromatic carbocycles. The molecule has 7 heteroatoms. The van der Waals surface area contributed by atoms with Crippen molar-refractivity contribution in [1.29, 1.82) is 0 Å². The van der Waals surface area contributed by atoms with E-state index in [4.69, 9.17) is 10.5 Å². The van der Waals surface area contributed by atoms with Crippen molar-refractivity contribution >= 4 is 22.9 Å². The summed E-state index contributed by atoms with van der Waals surface area (Å²) in [7, 11) is 0. The molecule has 0 fully saturated rings. The molecule has 2 aromatic heterocycles. The topological polar surface area (TPSA) is 90.1 Å². The van der Waals surface area contributed by atoms with Crippen LogP contribution in [0.5, 0.6) is 11.6 Å². The molecule has 0 spiro atoms. The highest BCUT2D eigenvalue weighted by molar-refractivity contribution is 7.14. The van der Waals surface area contributed by atoms with Crippen molar-refractivity contribution < 1.29 is 9.53 Å². The van der Waals surface area contributed by atoms with Gasteiger partial charge in [-0.25, -0.2) is 9.97 Å². The normalized spacial score (nSPS) is 10.3. The summed E-state index contributed by atoms with van der Waals surface area (Å²) in [5, 5.41) is 2.84. The van der Waals surface area contributed by atoms with Crippen molar-refractivity contribution in [3.8, 4) is 11.6 Å². The Bertz CT molecular complexity index is 787. The molecule has 0 saturated carbocycles. The lowest BCUT2D eigenvalue weighted by Crippen LogP contribution is -2.09. The lowest BCUT2D eigenvalue weighted by atomic mass is 10.3.